The Morgan fingerprint density at radius 3 is 2.78 bits per heavy atom. The third-order valence-electron chi connectivity index (χ3n) is 3.55. The molecule has 23 heavy (non-hydrogen) atoms. The van der Waals surface area contributed by atoms with Crippen molar-refractivity contribution in [2.24, 2.45) is 5.16 Å². The molecule has 1 aliphatic heterocycles. The largest absolute Gasteiger partial charge is 0.506 e. The summed E-state index contributed by atoms with van der Waals surface area (Å²) in [5, 5.41) is 16.3. The minimum Gasteiger partial charge on any atom is -0.506 e. The number of oxime groups is 1. The van der Waals surface area contributed by atoms with E-state index in [9.17, 15) is 14.3 Å². The van der Waals surface area contributed by atoms with E-state index in [1.54, 1.807) is 24.3 Å². The summed E-state index contributed by atoms with van der Waals surface area (Å²) in [5.41, 5.74) is 2.53. The van der Waals surface area contributed by atoms with Crippen LogP contribution in [0.25, 0.3) is 0 Å². The fraction of sp³-hybridized carbons (Fsp3) is 0.176. The molecule has 0 fully saturated rings. The molecule has 0 saturated heterocycles. The predicted octanol–water partition coefficient (Wildman–Crippen LogP) is 2.97. The first-order valence-corrected chi connectivity index (χ1v) is 7.12. The highest BCUT2D eigenvalue weighted by molar-refractivity contribution is 6.06. The number of benzene rings is 2. The number of anilines is 1. The Balaban J connectivity index is 1.66. The number of carbonyl (C=O) groups excluding carboxylic acids is 1. The molecule has 0 spiro atoms. The quantitative estimate of drug-likeness (QED) is 0.856. The molecule has 2 aromatic rings. The molecule has 3 rings (SSSR count). The second-order valence-electron chi connectivity index (χ2n) is 5.35. The molecule has 5 nitrogen and oxygen atoms in total. The van der Waals surface area contributed by atoms with Crippen LogP contribution in [0.2, 0.25) is 0 Å². The molecule has 6 heteroatoms. The van der Waals surface area contributed by atoms with Crippen LogP contribution in [0.5, 0.6) is 5.75 Å². The summed E-state index contributed by atoms with van der Waals surface area (Å²) in [6.07, 6.45) is -0.501. The van der Waals surface area contributed by atoms with Crippen molar-refractivity contribution in [3.8, 4) is 5.75 Å². The maximum absolute atomic E-state index is 12.9. The Morgan fingerprint density at radius 1 is 1.30 bits per heavy atom. The van der Waals surface area contributed by atoms with Gasteiger partial charge in [0.1, 0.15) is 11.6 Å². The van der Waals surface area contributed by atoms with E-state index < -0.39 is 12.0 Å². The van der Waals surface area contributed by atoms with Crippen molar-refractivity contribution in [2.45, 2.75) is 19.4 Å². The van der Waals surface area contributed by atoms with Gasteiger partial charge in [-0.1, -0.05) is 23.4 Å². The summed E-state index contributed by atoms with van der Waals surface area (Å²) in [6, 6.07) is 10.8. The van der Waals surface area contributed by atoms with E-state index in [-0.39, 0.29) is 18.0 Å². The second-order valence-corrected chi connectivity index (χ2v) is 5.35. The molecular formula is C17H15FN2O3. The average molecular weight is 314 g/mol. The highest BCUT2D eigenvalue weighted by Crippen LogP contribution is 2.25. The van der Waals surface area contributed by atoms with E-state index in [0.29, 0.717) is 17.0 Å². The number of carbonyl (C=O) groups is 1. The van der Waals surface area contributed by atoms with Crippen LogP contribution in [0.3, 0.4) is 0 Å². The van der Waals surface area contributed by atoms with E-state index >= 15 is 0 Å². The van der Waals surface area contributed by atoms with Gasteiger partial charge >= 0.3 is 0 Å². The van der Waals surface area contributed by atoms with Gasteiger partial charge in [-0.15, -0.1) is 0 Å². The molecule has 0 aromatic heterocycles. The Bertz CT molecular complexity index is 772. The molecule has 1 heterocycles. The molecular weight excluding hydrogens is 299 g/mol. The number of phenolic OH excluding ortho intramolecular Hbond substituents is 1. The summed E-state index contributed by atoms with van der Waals surface area (Å²) in [4.78, 5) is 17.4. The minimum atomic E-state index is -0.782. The van der Waals surface area contributed by atoms with Gasteiger partial charge in [0.05, 0.1) is 11.4 Å². The molecule has 0 bridgehead atoms. The summed E-state index contributed by atoms with van der Waals surface area (Å²) in [5.74, 6) is -0.745. The van der Waals surface area contributed by atoms with Crippen molar-refractivity contribution >= 4 is 17.3 Å². The predicted molar refractivity (Wildman–Crippen MR) is 83.9 cm³/mol. The SMILES string of the molecule is Cc1ccc(O)c(NC(=O)[C@@H]2CC(c3ccc(F)cc3)=NO2)c1. The van der Waals surface area contributed by atoms with E-state index in [1.807, 2.05) is 6.92 Å². The van der Waals surface area contributed by atoms with Crippen molar-refractivity contribution in [3.63, 3.8) is 0 Å². The van der Waals surface area contributed by atoms with Crippen LogP contribution in [0.4, 0.5) is 10.1 Å². The van der Waals surface area contributed by atoms with Crippen LogP contribution in [0, 0.1) is 12.7 Å². The van der Waals surface area contributed by atoms with Crippen molar-refractivity contribution in [1.82, 2.24) is 0 Å². The van der Waals surface area contributed by atoms with Crippen molar-refractivity contribution < 1.29 is 19.1 Å². The number of rotatable bonds is 3. The van der Waals surface area contributed by atoms with Crippen LogP contribution in [0.1, 0.15) is 17.5 Å². The van der Waals surface area contributed by atoms with Gasteiger partial charge in [0.25, 0.3) is 5.91 Å². The average Bonchev–Trinajstić information content (AvgIpc) is 3.02. The summed E-state index contributed by atoms with van der Waals surface area (Å²) >= 11 is 0. The zero-order valence-electron chi connectivity index (χ0n) is 12.4. The molecule has 118 valence electrons. The minimum absolute atomic E-state index is 0.0124. The summed E-state index contributed by atoms with van der Waals surface area (Å²) < 4.78 is 12.9. The van der Waals surface area contributed by atoms with Gasteiger partial charge in [0, 0.05) is 6.42 Å². The monoisotopic (exact) mass is 314 g/mol. The van der Waals surface area contributed by atoms with Gasteiger partial charge in [-0.25, -0.2) is 4.39 Å². The number of amides is 1. The van der Waals surface area contributed by atoms with Gasteiger partial charge in [-0.3, -0.25) is 4.79 Å². The lowest BCUT2D eigenvalue weighted by molar-refractivity contribution is -0.125. The number of hydrogen-bond acceptors (Lipinski definition) is 4. The van der Waals surface area contributed by atoms with E-state index in [4.69, 9.17) is 4.84 Å². The number of phenols is 1. The first-order chi connectivity index (χ1) is 11.0. The Hall–Kier alpha value is -2.89. The molecule has 2 aromatic carbocycles. The highest BCUT2D eigenvalue weighted by atomic mass is 19.1. The second kappa shape index (κ2) is 6.08. The van der Waals surface area contributed by atoms with E-state index in [0.717, 1.165) is 5.56 Å². The first kappa shape index (κ1) is 15.0. The van der Waals surface area contributed by atoms with Gasteiger partial charge in [-0.05, 0) is 42.3 Å². The Kier molecular flexibility index (Phi) is 3.97. The molecule has 0 radical (unpaired) electrons. The zero-order valence-corrected chi connectivity index (χ0v) is 12.4. The third kappa shape index (κ3) is 3.31. The van der Waals surface area contributed by atoms with Crippen LogP contribution in [-0.4, -0.2) is 22.8 Å². The maximum atomic E-state index is 12.9. The number of aromatic hydroxyl groups is 1. The number of aryl methyl sites for hydroxylation is 1. The first-order valence-electron chi connectivity index (χ1n) is 7.12. The van der Waals surface area contributed by atoms with Crippen LogP contribution in [-0.2, 0) is 9.63 Å². The standard InChI is InChI=1S/C17H15FN2O3/c1-10-2-7-15(21)14(8-10)19-17(22)16-9-13(20-23-16)11-3-5-12(18)6-4-11/h2-8,16,21H,9H2,1H3,(H,19,22)/t16-/m0/s1. The molecule has 1 atom stereocenters. The molecule has 0 aliphatic carbocycles. The van der Waals surface area contributed by atoms with Crippen LogP contribution >= 0.6 is 0 Å². The molecule has 2 N–H and O–H groups in total. The number of halogens is 1. The zero-order chi connectivity index (χ0) is 16.4. The fourth-order valence-electron chi connectivity index (χ4n) is 2.29. The Morgan fingerprint density at radius 2 is 2.04 bits per heavy atom. The number of hydrogen-bond donors (Lipinski definition) is 2. The number of nitrogens with zero attached hydrogens (tertiary/aromatic N) is 1. The van der Waals surface area contributed by atoms with Gasteiger partial charge in [0.2, 0.25) is 6.10 Å². The van der Waals surface area contributed by atoms with Crippen molar-refractivity contribution in [3.05, 3.63) is 59.4 Å². The molecule has 1 amide bonds. The van der Waals surface area contributed by atoms with Gasteiger partial charge in [-0.2, -0.15) is 0 Å². The van der Waals surface area contributed by atoms with Crippen LogP contribution < -0.4 is 5.32 Å². The van der Waals surface area contributed by atoms with E-state index in [1.165, 1.54) is 18.2 Å². The van der Waals surface area contributed by atoms with Crippen molar-refractivity contribution in [1.29, 1.82) is 0 Å². The van der Waals surface area contributed by atoms with Gasteiger partial charge < -0.3 is 15.3 Å². The normalized spacial score (nSPS) is 16.6. The van der Waals surface area contributed by atoms with E-state index in [2.05, 4.69) is 10.5 Å². The Labute approximate surface area is 132 Å². The lowest BCUT2D eigenvalue weighted by Crippen LogP contribution is -2.28. The van der Waals surface area contributed by atoms with Crippen LogP contribution in [0.15, 0.2) is 47.6 Å². The summed E-state index contributed by atoms with van der Waals surface area (Å²) in [6.45, 7) is 1.86. The molecule has 1 aliphatic rings. The fourth-order valence-corrected chi connectivity index (χ4v) is 2.29. The molecule has 0 unspecified atom stereocenters. The molecule has 0 saturated carbocycles. The highest BCUT2D eigenvalue weighted by Gasteiger charge is 2.29. The smallest absolute Gasteiger partial charge is 0.268 e. The summed E-state index contributed by atoms with van der Waals surface area (Å²) in [7, 11) is 0. The lowest BCUT2D eigenvalue weighted by atomic mass is 10.0. The van der Waals surface area contributed by atoms with Gasteiger partial charge in [0.15, 0.2) is 0 Å². The maximum Gasteiger partial charge on any atom is 0.268 e. The topological polar surface area (TPSA) is 70.9 Å². The lowest BCUT2D eigenvalue weighted by Gasteiger charge is -2.11. The third-order valence-corrected chi connectivity index (χ3v) is 3.55. The van der Waals surface area contributed by atoms with Crippen molar-refractivity contribution in [2.75, 3.05) is 5.32 Å². The number of nitrogens with one attached hydrogen (secondary N) is 1.